The molecule has 0 aliphatic carbocycles. The Bertz CT molecular complexity index is 489. The SMILES string of the molecule is CC.CO.[B]c1cc(F)c(-c2ccc(F)cc2)cn1. The average Bonchev–Trinajstić information content (AvgIpc) is 2.45. The van der Waals surface area contributed by atoms with Gasteiger partial charge in [0.2, 0.25) is 0 Å². The molecule has 0 saturated carbocycles. The first-order chi connectivity index (χ1) is 9.16. The summed E-state index contributed by atoms with van der Waals surface area (Å²) in [5.74, 6) is -0.823. The Morgan fingerprint density at radius 1 is 1.05 bits per heavy atom. The van der Waals surface area contributed by atoms with Crippen molar-refractivity contribution in [3.8, 4) is 11.1 Å². The smallest absolute Gasteiger partial charge is 0.141 e. The van der Waals surface area contributed by atoms with Crippen molar-refractivity contribution in [2.75, 3.05) is 7.11 Å². The fourth-order valence-corrected chi connectivity index (χ4v) is 1.29. The number of benzene rings is 1. The second kappa shape index (κ2) is 9.22. The van der Waals surface area contributed by atoms with Gasteiger partial charge in [-0.25, -0.2) is 8.78 Å². The predicted octanol–water partition coefficient (Wildman–Crippen LogP) is 2.46. The molecular weight excluding hydrogens is 247 g/mol. The Kier molecular flexibility index (Phi) is 8.37. The van der Waals surface area contributed by atoms with E-state index >= 15 is 0 Å². The Morgan fingerprint density at radius 2 is 1.58 bits per heavy atom. The zero-order chi connectivity index (χ0) is 14.8. The Balaban J connectivity index is 0.000000741. The van der Waals surface area contributed by atoms with Gasteiger partial charge in [0.25, 0.3) is 0 Å². The predicted molar refractivity (Wildman–Crippen MR) is 74.5 cm³/mol. The average molecular weight is 263 g/mol. The first-order valence-corrected chi connectivity index (χ1v) is 5.78. The molecule has 0 aliphatic rings. The van der Waals surface area contributed by atoms with E-state index in [0.29, 0.717) is 11.1 Å². The van der Waals surface area contributed by atoms with Crippen molar-refractivity contribution in [3.63, 3.8) is 0 Å². The highest BCUT2D eigenvalue weighted by Crippen LogP contribution is 2.20. The van der Waals surface area contributed by atoms with Gasteiger partial charge in [0.05, 0.1) is 0 Å². The van der Waals surface area contributed by atoms with Crippen LogP contribution >= 0.6 is 0 Å². The second-order valence-corrected chi connectivity index (χ2v) is 3.10. The molecular formula is C14H16BF2NO. The van der Waals surface area contributed by atoms with E-state index in [9.17, 15) is 8.78 Å². The first kappa shape index (κ1) is 17.3. The van der Waals surface area contributed by atoms with Crippen LogP contribution in [0.15, 0.2) is 36.5 Å². The minimum Gasteiger partial charge on any atom is -0.400 e. The lowest BCUT2D eigenvalue weighted by molar-refractivity contribution is 0.399. The van der Waals surface area contributed by atoms with Gasteiger partial charge in [-0.2, -0.15) is 0 Å². The standard InChI is InChI=1S/C11H6BF2N.C2H6.CH4O/c12-11-5-10(14)9(6-15-11)7-1-3-8(13)4-2-7;2*1-2/h1-6H;1-2H3;2H,1H3. The van der Waals surface area contributed by atoms with Gasteiger partial charge in [0.15, 0.2) is 0 Å². The number of aliphatic hydroxyl groups excluding tert-OH is 1. The lowest BCUT2D eigenvalue weighted by atomic mass is 10.0. The number of aromatic nitrogens is 1. The highest BCUT2D eigenvalue weighted by Gasteiger charge is 2.05. The van der Waals surface area contributed by atoms with Crippen LogP contribution < -0.4 is 5.59 Å². The topological polar surface area (TPSA) is 33.1 Å². The summed E-state index contributed by atoms with van der Waals surface area (Å²) in [6, 6.07) is 6.66. The van der Waals surface area contributed by atoms with Gasteiger partial charge in [-0.1, -0.05) is 26.0 Å². The van der Waals surface area contributed by atoms with Gasteiger partial charge in [0.1, 0.15) is 19.5 Å². The number of halogens is 2. The molecule has 19 heavy (non-hydrogen) atoms. The van der Waals surface area contributed by atoms with E-state index in [0.717, 1.165) is 13.2 Å². The molecule has 2 radical (unpaired) electrons. The quantitative estimate of drug-likeness (QED) is 0.802. The third kappa shape index (κ3) is 5.18. The maximum absolute atomic E-state index is 13.4. The van der Waals surface area contributed by atoms with E-state index < -0.39 is 5.82 Å². The number of rotatable bonds is 1. The minimum atomic E-state index is -0.464. The minimum absolute atomic E-state index is 0.123. The summed E-state index contributed by atoms with van der Waals surface area (Å²) in [6.45, 7) is 4.00. The zero-order valence-corrected chi connectivity index (χ0v) is 11.2. The van der Waals surface area contributed by atoms with Crippen molar-refractivity contribution < 1.29 is 13.9 Å². The number of nitrogens with zero attached hydrogens (tertiary/aromatic N) is 1. The van der Waals surface area contributed by atoms with Crippen LogP contribution in [-0.4, -0.2) is 25.0 Å². The van der Waals surface area contributed by atoms with E-state index in [2.05, 4.69) is 4.98 Å². The van der Waals surface area contributed by atoms with Gasteiger partial charge in [-0.05, 0) is 29.4 Å². The Morgan fingerprint density at radius 3 is 2.05 bits per heavy atom. The molecule has 1 aromatic heterocycles. The van der Waals surface area contributed by atoms with Gasteiger partial charge in [-0.3, -0.25) is 4.98 Å². The van der Waals surface area contributed by atoms with Gasteiger partial charge in [0, 0.05) is 18.9 Å². The summed E-state index contributed by atoms with van der Waals surface area (Å²) in [4.78, 5) is 3.78. The molecule has 0 atom stereocenters. The molecule has 1 heterocycles. The van der Waals surface area contributed by atoms with E-state index in [1.165, 1.54) is 30.5 Å². The van der Waals surface area contributed by atoms with Crippen LogP contribution in [0, 0.1) is 11.6 Å². The summed E-state index contributed by atoms with van der Waals surface area (Å²) in [7, 11) is 6.32. The molecule has 0 aliphatic heterocycles. The molecule has 1 aromatic carbocycles. The van der Waals surface area contributed by atoms with Crippen molar-refractivity contribution in [3.05, 3.63) is 48.2 Å². The zero-order valence-electron chi connectivity index (χ0n) is 11.2. The van der Waals surface area contributed by atoms with Crippen molar-refractivity contribution in [2.24, 2.45) is 0 Å². The maximum atomic E-state index is 13.4. The van der Waals surface area contributed by atoms with Crippen LogP contribution in [0.5, 0.6) is 0 Å². The number of hydrogen-bond acceptors (Lipinski definition) is 2. The van der Waals surface area contributed by atoms with E-state index in [1.807, 2.05) is 13.8 Å². The molecule has 0 amide bonds. The molecule has 0 saturated heterocycles. The highest BCUT2D eigenvalue weighted by atomic mass is 19.1. The third-order valence-electron chi connectivity index (χ3n) is 2.03. The molecule has 0 unspecified atom stereocenters. The molecule has 5 heteroatoms. The monoisotopic (exact) mass is 263 g/mol. The van der Waals surface area contributed by atoms with Gasteiger partial charge >= 0.3 is 0 Å². The van der Waals surface area contributed by atoms with Crippen LogP contribution in [0.25, 0.3) is 11.1 Å². The van der Waals surface area contributed by atoms with Crippen molar-refractivity contribution in [1.82, 2.24) is 4.98 Å². The van der Waals surface area contributed by atoms with E-state index in [-0.39, 0.29) is 11.4 Å². The number of hydrogen-bond donors (Lipinski definition) is 1. The molecule has 100 valence electrons. The molecule has 0 fully saturated rings. The largest absolute Gasteiger partial charge is 0.400 e. The van der Waals surface area contributed by atoms with Crippen LogP contribution in [0.4, 0.5) is 8.78 Å². The molecule has 1 N–H and O–H groups in total. The van der Waals surface area contributed by atoms with Gasteiger partial charge in [-0.15, -0.1) is 0 Å². The maximum Gasteiger partial charge on any atom is 0.141 e. The number of aliphatic hydroxyl groups is 1. The van der Waals surface area contributed by atoms with Crippen molar-refractivity contribution in [1.29, 1.82) is 0 Å². The molecule has 2 aromatic rings. The third-order valence-corrected chi connectivity index (χ3v) is 2.03. The number of pyridine rings is 1. The lowest BCUT2D eigenvalue weighted by Gasteiger charge is -2.03. The normalized spacial score (nSPS) is 8.74. The molecule has 0 bridgehead atoms. The highest BCUT2D eigenvalue weighted by molar-refractivity contribution is 6.30. The van der Waals surface area contributed by atoms with Crippen LogP contribution in [0.2, 0.25) is 0 Å². The fraction of sp³-hybridized carbons (Fsp3) is 0.214. The summed E-state index contributed by atoms with van der Waals surface area (Å²) in [6.07, 6.45) is 1.33. The molecule has 2 nitrogen and oxygen atoms in total. The first-order valence-electron chi connectivity index (χ1n) is 5.78. The van der Waals surface area contributed by atoms with E-state index in [1.54, 1.807) is 0 Å². The Hall–Kier alpha value is -1.75. The summed E-state index contributed by atoms with van der Waals surface area (Å²) in [5, 5.41) is 7.00. The van der Waals surface area contributed by atoms with Crippen LogP contribution in [-0.2, 0) is 0 Å². The van der Waals surface area contributed by atoms with Crippen LogP contribution in [0.3, 0.4) is 0 Å². The van der Waals surface area contributed by atoms with Gasteiger partial charge < -0.3 is 5.11 Å². The van der Waals surface area contributed by atoms with Crippen molar-refractivity contribution in [2.45, 2.75) is 13.8 Å². The summed E-state index contributed by atoms with van der Waals surface area (Å²) >= 11 is 0. The van der Waals surface area contributed by atoms with Crippen molar-refractivity contribution >= 4 is 13.4 Å². The molecule has 2 rings (SSSR count). The molecule has 0 spiro atoms. The summed E-state index contributed by atoms with van der Waals surface area (Å²) < 4.78 is 26.1. The summed E-state index contributed by atoms with van der Waals surface area (Å²) in [5.41, 5.74) is 1.00. The van der Waals surface area contributed by atoms with Crippen LogP contribution in [0.1, 0.15) is 13.8 Å². The second-order valence-electron chi connectivity index (χ2n) is 3.10. The fourth-order valence-electron chi connectivity index (χ4n) is 1.29. The Labute approximate surface area is 113 Å². The lowest BCUT2D eigenvalue weighted by Crippen LogP contribution is -2.08. The van der Waals surface area contributed by atoms with E-state index in [4.69, 9.17) is 13.0 Å².